The molecule has 0 aliphatic heterocycles. The van der Waals surface area contributed by atoms with Crippen molar-refractivity contribution in [3.63, 3.8) is 0 Å². The number of allylic oxidation sites excluding steroid dienone is 9. The molecular weight excluding hydrogens is 424 g/mol. The van der Waals surface area contributed by atoms with E-state index >= 15 is 0 Å². The van der Waals surface area contributed by atoms with Gasteiger partial charge >= 0.3 is 5.97 Å². The average molecular weight is 465 g/mol. The second-order valence-corrected chi connectivity index (χ2v) is 11.7. The van der Waals surface area contributed by atoms with E-state index in [4.69, 9.17) is 5.11 Å². The largest absolute Gasteiger partial charge is 0.478 e. The van der Waals surface area contributed by atoms with E-state index in [1.807, 2.05) is 38.2 Å². The molecule has 4 nitrogen and oxygen atoms in total. The van der Waals surface area contributed by atoms with E-state index < -0.39 is 5.97 Å². The Morgan fingerprint density at radius 2 is 1.59 bits per heavy atom. The summed E-state index contributed by atoms with van der Waals surface area (Å²) in [6.45, 7) is 14.4. The Hall–Kier alpha value is -2.49. The van der Waals surface area contributed by atoms with Crippen LogP contribution in [-0.2, 0) is 14.4 Å². The highest BCUT2D eigenvalue weighted by Gasteiger charge is 2.64. The van der Waals surface area contributed by atoms with Crippen molar-refractivity contribution in [1.29, 1.82) is 0 Å². The first-order chi connectivity index (χ1) is 15.7. The smallest absolute Gasteiger partial charge is 0.331 e. The zero-order valence-corrected chi connectivity index (χ0v) is 21.8. The number of Topliss-reactive ketones (excluding diaryl/α,β-unsaturated/α-hetero) is 2. The van der Waals surface area contributed by atoms with E-state index in [1.165, 1.54) is 0 Å². The zero-order valence-electron chi connectivity index (χ0n) is 21.8. The molecule has 0 bridgehead atoms. The maximum absolute atomic E-state index is 13.3. The van der Waals surface area contributed by atoms with Crippen molar-refractivity contribution in [2.75, 3.05) is 0 Å². The Bertz CT molecular complexity index is 1050. The van der Waals surface area contributed by atoms with Crippen molar-refractivity contribution in [3.8, 4) is 0 Å². The molecule has 0 aromatic heterocycles. The standard InChI is InChI=1S/C30H40O4/c1-19(11-9-13-21(3)27(33)34)10-8-12-20(2)26-22(31)18-24-29(6)17-15-25(32)28(4,5)23(29)14-16-30(24,26)7/h8-13,23-24H,14-18H2,1-7H3,(H,33,34)/b11-9+,12-8+,19-10+,21-13-,26-20+/t23-,24?,29-,30?/m0/s1. The molecule has 0 spiro atoms. The fraction of sp³-hybridized carbons (Fsp3) is 0.567. The van der Waals surface area contributed by atoms with Crippen LogP contribution in [0, 0.1) is 28.1 Å². The third-order valence-electron chi connectivity index (χ3n) is 9.18. The van der Waals surface area contributed by atoms with Crippen molar-refractivity contribution in [1.82, 2.24) is 0 Å². The first kappa shape index (κ1) is 26.1. The third-order valence-corrected chi connectivity index (χ3v) is 9.18. The van der Waals surface area contributed by atoms with Gasteiger partial charge in [-0.3, -0.25) is 9.59 Å². The molecule has 2 unspecified atom stereocenters. The van der Waals surface area contributed by atoms with E-state index in [-0.39, 0.29) is 33.5 Å². The van der Waals surface area contributed by atoms with Gasteiger partial charge in [0.15, 0.2) is 5.78 Å². The van der Waals surface area contributed by atoms with Crippen LogP contribution in [0.2, 0.25) is 0 Å². The van der Waals surface area contributed by atoms with E-state index in [0.29, 0.717) is 24.5 Å². The maximum Gasteiger partial charge on any atom is 0.331 e. The molecule has 3 fully saturated rings. The summed E-state index contributed by atoms with van der Waals surface area (Å²) in [4.78, 5) is 36.9. The first-order valence-electron chi connectivity index (χ1n) is 12.5. The molecule has 4 atom stereocenters. The molecule has 0 radical (unpaired) electrons. The molecule has 34 heavy (non-hydrogen) atoms. The van der Waals surface area contributed by atoms with Crippen molar-refractivity contribution in [2.45, 2.75) is 80.6 Å². The first-order valence-corrected chi connectivity index (χ1v) is 12.5. The number of carboxylic acids is 1. The lowest BCUT2D eigenvalue weighted by Gasteiger charge is -2.60. The summed E-state index contributed by atoms with van der Waals surface area (Å²) in [5.74, 6) is 0.330. The summed E-state index contributed by atoms with van der Waals surface area (Å²) in [7, 11) is 0. The monoisotopic (exact) mass is 464 g/mol. The summed E-state index contributed by atoms with van der Waals surface area (Å²) in [6, 6.07) is 0. The lowest BCUT2D eigenvalue weighted by atomic mass is 9.43. The van der Waals surface area contributed by atoms with Gasteiger partial charge in [-0.25, -0.2) is 4.79 Å². The van der Waals surface area contributed by atoms with Gasteiger partial charge in [-0.1, -0.05) is 69.7 Å². The number of carbonyl (C=O) groups excluding carboxylic acids is 2. The van der Waals surface area contributed by atoms with Crippen LogP contribution in [0.3, 0.4) is 0 Å². The van der Waals surface area contributed by atoms with Crippen LogP contribution in [0.5, 0.6) is 0 Å². The molecule has 184 valence electrons. The van der Waals surface area contributed by atoms with E-state index in [9.17, 15) is 14.4 Å². The minimum Gasteiger partial charge on any atom is -0.478 e. The Labute approximate surface area is 204 Å². The number of aliphatic carboxylic acids is 1. The van der Waals surface area contributed by atoms with Gasteiger partial charge in [0.2, 0.25) is 0 Å². The number of carboxylic acid groups (broad SMARTS) is 1. The second-order valence-electron chi connectivity index (χ2n) is 11.7. The molecule has 3 aliphatic carbocycles. The van der Waals surface area contributed by atoms with Gasteiger partial charge in [-0.15, -0.1) is 0 Å². The van der Waals surface area contributed by atoms with Crippen LogP contribution in [0.1, 0.15) is 80.6 Å². The van der Waals surface area contributed by atoms with Crippen molar-refractivity contribution >= 4 is 17.5 Å². The van der Waals surface area contributed by atoms with Crippen LogP contribution >= 0.6 is 0 Å². The average Bonchev–Trinajstić information content (AvgIpc) is 3.02. The molecular formula is C30H40O4. The van der Waals surface area contributed by atoms with Crippen LogP contribution < -0.4 is 0 Å². The number of hydrogen-bond donors (Lipinski definition) is 1. The maximum atomic E-state index is 13.3. The van der Waals surface area contributed by atoms with E-state index in [1.54, 1.807) is 19.1 Å². The minimum absolute atomic E-state index is 0.00863. The molecule has 0 aromatic rings. The van der Waals surface area contributed by atoms with Crippen molar-refractivity contribution < 1.29 is 19.5 Å². The molecule has 0 aromatic carbocycles. The fourth-order valence-electron chi connectivity index (χ4n) is 7.28. The quantitative estimate of drug-likeness (QED) is 0.359. The van der Waals surface area contributed by atoms with Gasteiger partial charge in [-0.2, -0.15) is 0 Å². The predicted molar refractivity (Wildman–Crippen MR) is 136 cm³/mol. The van der Waals surface area contributed by atoms with Crippen molar-refractivity contribution in [3.05, 3.63) is 58.7 Å². The fourth-order valence-corrected chi connectivity index (χ4v) is 7.28. The Morgan fingerprint density at radius 3 is 2.24 bits per heavy atom. The zero-order chi connectivity index (χ0) is 25.5. The Balaban J connectivity index is 1.86. The molecule has 0 saturated heterocycles. The second kappa shape index (κ2) is 9.28. The van der Waals surface area contributed by atoms with Crippen LogP contribution in [-0.4, -0.2) is 22.6 Å². The van der Waals surface area contributed by atoms with Gasteiger partial charge < -0.3 is 5.11 Å². The summed E-state index contributed by atoms with van der Waals surface area (Å²) < 4.78 is 0. The van der Waals surface area contributed by atoms with Gasteiger partial charge in [0.05, 0.1) is 0 Å². The van der Waals surface area contributed by atoms with Gasteiger partial charge in [-0.05, 0) is 62.9 Å². The van der Waals surface area contributed by atoms with E-state index in [2.05, 4.69) is 27.7 Å². The lowest BCUT2D eigenvalue weighted by Crippen LogP contribution is -2.56. The minimum atomic E-state index is -0.923. The van der Waals surface area contributed by atoms with Crippen LogP contribution in [0.15, 0.2) is 58.7 Å². The lowest BCUT2D eigenvalue weighted by molar-refractivity contribution is -0.154. The van der Waals surface area contributed by atoms with Crippen LogP contribution in [0.25, 0.3) is 0 Å². The topological polar surface area (TPSA) is 71.4 Å². The highest BCUT2D eigenvalue weighted by Crippen LogP contribution is 2.68. The Morgan fingerprint density at radius 1 is 0.941 bits per heavy atom. The molecule has 4 heteroatoms. The summed E-state index contributed by atoms with van der Waals surface area (Å²) in [6.07, 6.45) is 15.2. The normalized spacial score (nSPS) is 35.6. The summed E-state index contributed by atoms with van der Waals surface area (Å²) >= 11 is 0. The number of fused-ring (bicyclic) bond motifs is 3. The molecule has 0 heterocycles. The van der Waals surface area contributed by atoms with E-state index in [0.717, 1.165) is 36.0 Å². The molecule has 0 amide bonds. The van der Waals surface area contributed by atoms with Gasteiger partial charge in [0, 0.05) is 34.8 Å². The highest BCUT2D eigenvalue weighted by atomic mass is 16.4. The molecule has 3 rings (SSSR count). The Kier molecular flexibility index (Phi) is 7.13. The number of hydrogen-bond acceptors (Lipinski definition) is 3. The molecule has 3 aliphatic rings. The number of rotatable bonds is 5. The van der Waals surface area contributed by atoms with Crippen molar-refractivity contribution in [2.24, 2.45) is 28.1 Å². The molecule has 1 N–H and O–H groups in total. The van der Waals surface area contributed by atoms with Crippen LogP contribution in [0.4, 0.5) is 0 Å². The highest BCUT2D eigenvalue weighted by molar-refractivity contribution is 6.01. The van der Waals surface area contributed by atoms with Gasteiger partial charge in [0.1, 0.15) is 5.78 Å². The summed E-state index contributed by atoms with van der Waals surface area (Å²) in [5, 5.41) is 8.92. The van der Waals surface area contributed by atoms with Gasteiger partial charge in [0.25, 0.3) is 0 Å². The molecule has 3 saturated carbocycles. The predicted octanol–water partition coefficient (Wildman–Crippen LogP) is 6.79. The summed E-state index contributed by atoms with van der Waals surface area (Å²) in [5.41, 5.74) is 2.83. The third kappa shape index (κ3) is 4.44. The number of ketones is 2. The SMILES string of the molecule is C/C(=C/C=C/C(C)=C/C=C/C(C)=C1\C(=O)CC2C1(C)CC[C@H]1C(C)(C)C(=O)CC[C@]21C)C(=O)O. The number of carbonyl (C=O) groups is 3.